The Morgan fingerprint density at radius 1 is 1.29 bits per heavy atom. The van der Waals surface area contributed by atoms with E-state index in [0.717, 1.165) is 12.1 Å². The summed E-state index contributed by atoms with van der Waals surface area (Å²) in [6.07, 6.45) is -4.43. The molecule has 2 aromatic rings. The molecule has 0 bridgehead atoms. The maximum atomic E-state index is 12.7. The Bertz CT molecular complexity index is 753. The van der Waals surface area contributed by atoms with E-state index in [1.165, 1.54) is 31.3 Å². The lowest BCUT2D eigenvalue weighted by molar-refractivity contribution is -0.137. The zero-order valence-corrected chi connectivity index (χ0v) is 12.6. The second-order valence-electron chi connectivity index (χ2n) is 5.21. The number of hydrogen-bond donors (Lipinski definition) is 3. The fraction of sp³-hybridized carbons (Fsp3) is 0.250. The molecule has 0 unspecified atom stereocenters. The van der Waals surface area contributed by atoms with E-state index in [1.807, 2.05) is 0 Å². The van der Waals surface area contributed by atoms with Crippen molar-refractivity contribution in [1.29, 1.82) is 0 Å². The Labute approximate surface area is 135 Å². The Morgan fingerprint density at radius 3 is 2.58 bits per heavy atom. The number of aliphatic hydroxyl groups is 1. The van der Waals surface area contributed by atoms with Crippen molar-refractivity contribution in [3.05, 3.63) is 58.9 Å². The van der Waals surface area contributed by atoms with Crippen molar-refractivity contribution in [2.45, 2.75) is 19.2 Å². The van der Waals surface area contributed by atoms with Crippen LogP contribution in [0.5, 0.6) is 0 Å². The molecule has 1 aromatic carbocycles. The molecule has 0 radical (unpaired) electrons. The van der Waals surface area contributed by atoms with Crippen LogP contribution in [0.2, 0.25) is 0 Å². The molecule has 0 aliphatic carbocycles. The number of hydrogen-bond acceptors (Lipinski definition) is 3. The molecular formula is C16H15F3N2O3. The number of Topliss-reactive ketones (excluding diaryl/α,β-unsaturated/α-hetero) is 1. The molecule has 1 amide bonds. The second kappa shape index (κ2) is 6.88. The number of ketones is 1. The number of halogens is 3. The van der Waals surface area contributed by atoms with Crippen LogP contribution < -0.4 is 5.32 Å². The van der Waals surface area contributed by atoms with Gasteiger partial charge in [0.15, 0.2) is 5.78 Å². The van der Waals surface area contributed by atoms with Gasteiger partial charge in [0.1, 0.15) is 5.69 Å². The molecule has 1 aromatic heterocycles. The first-order valence-corrected chi connectivity index (χ1v) is 7.01. The second-order valence-corrected chi connectivity index (χ2v) is 5.21. The highest BCUT2D eigenvalue weighted by Gasteiger charge is 2.30. The van der Waals surface area contributed by atoms with Gasteiger partial charge < -0.3 is 15.4 Å². The van der Waals surface area contributed by atoms with Crippen LogP contribution in [-0.4, -0.2) is 28.3 Å². The lowest BCUT2D eigenvalue weighted by Crippen LogP contribution is -2.28. The zero-order chi connectivity index (χ0) is 17.9. The third-order valence-electron chi connectivity index (χ3n) is 3.39. The van der Waals surface area contributed by atoms with Gasteiger partial charge in [0.25, 0.3) is 5.91 Å². The predicted molar refractivity (Wildman–Crippen MR) is 79.5 cm³/mol. The third-order valence-corrected chi connectivity index (χ3v) is 3.39. The molecule has 1 atom stereocenters. The van der Waals surface area contributed by atoms with Gasteiger partial charge in [-0.2, -0.15) is 13.2 Å². The fourth-order valence-electron chi connectivity index (χ4n) is 2.05. The van der Waals surface area contributed by atoms with Gasteiger partial charge in [0, 0.05) is 18.3 Å². The van der Waals surface area contributed by atoms with E-state index in [2.05, 4.69) is 10.3 Å². The molecule has 8 heteroatoms. The SMILES string of the molecule is CC(=O)c1c[nH]c(C(=O)NC[C@H](O)c2cccc(C(F)(F)F)c2)c1. The average Bonchev–Trinajstić information content (AvgIpc) is 3.02. The highest BCUT2D eigenvalue weighted by Crippen LogP contribution is 2.30. The summed E-state index contributed by atoms with van der Waals surface area (Å²) in [6, 6.07) is 5.62. The topological polar surface area (TPSA) is 82.2 Å². The molecule has 0 saturated heterocycles. The molecule has 0 aliphatic rings. The van der Waals surface area contributed by atoms with E-state index in [4.69, 9.17) is 0 Å². The normalized spacial score (nSPS) is 12.7. The number of nitrogens with one attached hydrogen (secondary N) is 2. The first-order chi connectivity index (χ1) is 11.2. The minimum atomic E-state index is -4.51. The number of rotatable bonds is 5. The van der Waals surface area contributed by atoms with E-state index in [-0.39, 0.29) is 23.6 Å². The Morgan fingerprint density at radius 2 is 2.00 bits per heavy atom. The van der Waals surface area contributed by atoms with Crippen LogP contribution in [0.1, 0.15) is 45.0 Å². The van der Waals surface area contributed by atoms with E-state index >= 15 is 0 Å². The quantitative estimate of drug-likeness (QED) is 0.732. The summed E-state index contributed by atoms with van der Waals surface area (Å²) in [7, 11) is 0. The van der Waals surface area contributed by atoms with Crippen molar-refractivity contribution in [2.75, 3.05) is 6.54 Å². The first-order valence-electron chi connectivity index (χ1n) is 7.01. The molecule has 0 saturated carbocycles. The standard InChI is InChI=1S/C16H15F3N2O3/c1-9(22)11-6-13(20-7-11)15(24)21-8-14(23)10-3-2-4-12(5-10)16(17,18)19/h2-7,14,20,23H,8H2,1H3,(H,21,24)/t14-/m0/s1. The summed E-state index contributed by atoms with van der Waals surface area (Å²) >= 11 is 0. The van der Waals surface area contributed by atoms with Crippen LogP contribution in [0.15, 0.2) is 36.5 Å². The minimum Gasteiger partial charge on any atom is -0.387 e. The molecule has 0 aliphatic heterocycles. The molecule has 5 nitrogen and oxygen atoms in total. The van der Waals surface area contributed by atoms with Gasteiger partial charge in [-0.3, -0.25) is 9.59 Å². The van der Waals surface area contributed by atoms with Crippen LogP contribution in [0, 0.1) is 0 Å². The number of carbonyl (C=O) groups excluding carboxylic acids is 2. The van der Waals surface area contributed by atoms with Crippen LogP contribution in [0.25, 0.3) is 0 Å². The summed E-state index contributed by atoms with van der Waals surface area (Å²) in [4.78, 5) is 25.7. The van der Waals surface area contributed by atoms with Crippen molar-refractivity contribution >= 4 is 11.7 Å². The summed E-state index contributed by atoms with van der Waals surface area (Å²) in [5, 5.41) is 12.3. The summed E-state index contributed by atoms with van der Waals surface area (Å²) in [6.45, 7) is 1.08. The molecule has 2 rings (SSSR count). The number of carbonyl (C=O) groups is 2. The van der Waals surface area contributed by atoms with Crippen LogP contribution >= 0.6 is 0 Å². The van der Waals surface area contributed by atoms with Crippen molar-refractivity contribution in [3.8, 4) is 0 Å². The number of alkyl halides is 3. The van der Waals surface area contributed by atoms with Gasteiger partial charge in [-0.25, -0.2) is 0 Å². The lowest BCUT2D eigenvalue weighted by Gasteiger charge is -2.14. The van der Waals surface area contributed by atoms with Gasteiger partial charge in [0.2, 0.25) is 0 Å². The Hall–Kier alpha value is -2.61. The van der Waals surface area contributed by atoms with Gasteiger partial charge in [-0.1, -0.05) is 12.1 Å². The summed E-state index contributed by atoms with van der Waals surface area (Å²) < 4.78 is 38.0. The molecule has 0 spiro atoms. The largest absolute Gasteiger partial charge is 0.416 e. The number of H-pyrrole nitrogens is 1. The summed E-state index contributed by atoms with van der Waals surface area (Å²) in [5.74, 6) is -0.789. The van der Waals surface area contributed by atoms with E-state index in [1.54, 1.807) is 0 Å². The van der Waals surface area contributed by atoms with Crippen molar-refractivity contribution < 1.29 is 27.9 Å². The Kier molecular flexibility index (Phi) is 5.08. The number of aliphatic hydroxyl groups excluding tert-OH is 1. The monoisotopic (exact) mass is 340 g/mol. The molecule has 24 heavy (non-hydrogen) atoms. The number of aromatic amines is 1. The third kappa shape index (κ3) is 4.23. The number of aromatic nitrogens is 1. The predicted octanol–water partition coefficient (Wildman–Crippen LogP) is 2.70. The first kappa shape index (κ1) is 17.7. The fourth-order valence-corrected chi connectivity index (χ4v) is 2.05. The van der Waals surface area contributed by atoms with E-state index in [0.29, 0.717) is 5.56 Å². The highest BCUT2D eigenvalue weighted by atomic mass is 19.4. The zero-order valence-electron chi connectivity index (χ0n) is 12.6. The van der Waals surface area contributed by atoms with Crippen molar-refractivity contribution in [2.24, 2.45) is 0 Å². The van der Waals surface area contributed by atoms with E-state index < -0.39 is 23.8 Å². The van der Waals surface area contributed by atoms with Crippen molar-refractivity contribution in [3.63, 3.8) is 0 Å². The van der Waals surface area contributed by atoms with E-state index in [9.17, 15) is 27.9 Å². The number of amides is 1. The van der Waals surface area contributed by atoms with Gasteiger partial charge in [-0.15, -0.1) is 0 Å². The molecule has 128 valence electrons. The molecule has 1 heterocycles. The molecule has 0 fully saturated rings. The smallest absolute Gasteiger partial charge is 0.387 e. The van der Waals surface area contributed by atoms with Gasteiger partial charge in [0.05, 0.1) is 11.7 Å². The molecular weight excluding hydrogens is 325 g/mol. The van der Waals surface area contributed by atoms with Crippen LogP contribution in [0.3, 0.4) is 0 Å². The van der Waals surface area contributed by atoms with Crippen molar-refractivity contribution in [1.82, 2.24) is 10.3 Å². The van der Waals surface area contributed by atoms with Gasteiger partial charge >= 0.3 is 6.18 Å². The van der Waals surface area contributed by atoms with Gasteiger partial charge in [-0.05, 0) is 30.7 Å². The van der Waals surface area contributed by atoms with Crippen LogP contribution in [-0.2, 0) is 6.18 Å². The average molecular weight is 340 g/mol. The molecule has 3 N–H and O–H groups in total. The minimum absolute atomic E-state index is 0.0426. The summed E-state index contributed by atoms with van der Waals surface area (Å²) in [5.41, 5.74) is -0.378. The number of benzene rings is 1. The highest BCUT2D eigenvalue weighted by molar-refractivity contribution is 5.99. The lowest BCUT2D eigenvalue weighted by atomic mass is 10.1. The maximum absolute atomic E-state index is 12.7. The Balaban J connectivity index is 2.01. The maximum Gasteiger partial charge on any atom is 0.416 e. The van der Waals surface area contributed by atoms with Crippen LogP contribution in [0.4, 0.5) is 13.2 Å².